The third-order valence-corrected chi connectivity index (χ3v) is 3.24. The van der Waals surface area contributed by atoms with Crippen LogP contribution < -0.4 is 5.90 Å². The second kappa shape index (κ2) is 3.95. The number of nitrogens with zero attached hydrogens (tertiary/aromatic N) is 1. The third kappa shape index (κ3) is 2.42. The van der Waals surface area contributed by atoms with Gasteiger partial charge in [-0.05, 0) is 40.7 Å². The van der Waals surface area contributed by atoms with E-state index in [0.29, 0.717) is 12.0 Å². The molecule has 1 fully saturated rings. The predicted molar refractivity (Wildman–Crippen MR) is 54.2 cm³/mol. The molecule has 1 aliphatic heterocycles. The van der Waals surface area contributed by atoms with E-state index >= 15 is 0 Å². The maximum atomic E-state index is 5.29. The fourth-order valence-corrected chi connectivity index (χ4v) is 1.92. The van der Waals surface area contributed by atoms with E-state index < -0.39 is 0 Å². The van der Waals surface area contributed by atoms with Gasteiger partial charge in [-0.1, -0.05) is 0 Å². The van der Waals surface area contributed by atoms with Crippen LogP contribution >= 0.6 is 0 Å². The first-order chi connectivity index (χ1) is 5.97. The standard InChI is InChI=1S/C10H22N2O/c1-8(2)12-6-5-9(7-12)10(3,4)13-11/h8-9H,5-7,11H2,1-4H3. The molecule has 0 radical (unpaired) electrons. The van der Waals surface area contributed by atoms with Crippen molar-refractivity contribution in [3.8, 4) is 0 Å². The van der Waals surface area contributed by atoms with Crippen LogP contribution in [0.3, 0.4) is 0 Å². The van der Waals surface area contributed by atoms with Gasteiger partial charge in [0, 0.05) is 18.5 Å². The molecule has 0 bridgehead atoms. The highest BCUT2D eigenvalue weighted by Gasteiger charge is 2.36. The summed E-state index contributed by atoms with van der Waals surface area (Å²) < 4.78 is 0. The Bertz CT molecular complexity index is 168. The summed E-state index contributed by atoms with van der Waals surface area (Å²) in [6.07, 6.45) is 1.20. The van der Waals surface area contributed by atoms with Crippen LogP contribution in [-0.4, -0.2) is 29.6 Å². The zero-order chi connectivity index (χ0) is 10.1. The Morgan fingerprint density at radius 3 is 2.46 bits per heavy atom. The first kappa shape index (κ1) is 11.0. The minimum atomic E-state index is -0.177. The Kier molecular flexibility index (Phi) is 3.33. The lowest BCUT2D eigenvalue weighted by Gasteiger charge is -2.29. The molecule has 1 heterocycles. The number of hydrogen-bond donors (Lipinski definition) is 1. The van der Waals surface area contributed by atoms with Crippen LogP contribution in [0.25, 0.3) is 0 Å². The van der Waals surface area contributed by atoms with Crippen molar-refractivity contribution in [2.24, 2.45) is 11.8 Å². The normalized spacial score (nSPS) is 25.8. The molecular formula is C10H22N2O. The maximum absolute atomic E-state index is 5.29. The Balaban J connectivity index is 2.49. The van der Waals surface area contributed by atoms with Crippen molar-refractivity contribution < 1.29 is 4.84 Å². The highest BCUT2D eigenvalue weighted by Crippen LogP contribution is 2.29. The predicted octanol–water partition coefficient (Wildman–Crippen LogP) is 1.39. The van der Waals surface area contributed by atoms with Crippen molar-refractivity contribution >= 4 is 0 Å². The molecule has 3 heteroatoms. The van der Waals surface area contributed by atoms with Gasteiger partial charge in [0.25, 0.3) is 0 Å². The summed E-state index contributed by atoms with van der Waals surface area (Å²) in [5, 5.41) is 0. The maximum Gasteiger partial charge on any atom is 0.0878 e. The molecule has 0 aliphatic carbocycles. The number of hydrogen-bond acceptors (Lipinski definition) is 3. The highest BCUT2D eigenvalue weighted by molar-refractivity contribution is 4.88. The average Bonchev–Trinajstić information content (AvgIpc) is 2.52. The van der Waals surface area contributed by atoms with Crippen LogP contribution in [-0.2, 0) is 4.84 Å². The van der Waals surface area contributed by atoms with Crippen LogP contribution in [0.15, 0.2) is 0 Å². The van der Waals surface area contributed by atoms with E-state index in [1.165, 1.54) is 13.0 Å². The lowest BCUT2D eigenvalue weighted by atomic mass is 9.90. The lowest BCUT2D eigenvalue weighted by molar-refractivity contribution is -0.0600. The largest absolute Gasteiger partial charge is 0.301 e. The van der Waals surface area contributed by atoms with Crippen molar-refractivity contribution in [3.05, 3.63) is 0 Å². The minimum absolute atomic E-state index is 0.177. The molecule has 0 aromatic rings. The van der Waals surface area contributed by atoms with Gasteiger partial charge in [0.05, 0.1) is 5.60 Å². The smallest absolute Gasteiger partial charge is 0.0878 e. The van der Waals surface area contributed by atoms with Gasteiger partial charge in [-0.3, -0.25) is 4.84 Å². The fourth-order valence-electron chi connectivity index (χ4n) is 1.92. The summed E-state index contributed by atoms with van der Waals surface area (Å²) in [6, 6.07) is 0.638. The monoisotopic (exact) mass is 186 g/mol. The number of likely N-dealkylation sites (tertiary alicyclic amines) is 1. The van der Waals surface area contributed by atoms with Gasteiger partial charge >= 0.3 is 0 Å². The van der Waals surface area contributed by atoms with Gasteiger partial charge in [-0.15, -0.1) is 0 Å². The molecule has 1 saturated heterocycles. The Hall–Kier alpha value is -0.120. The summed E-state index contributed by atoms with van der Waals surface area (Å²) in [4.78, 5) is 7.50. The van der Waals surface area contributed by atoms with E-state index in [9.17, 15) is 0 Å². The third-order valence-electron chi connectivity index (χ3n) is 3.24. The molecule has 1 rings (SSSR count). The molecule has 0 amide bonds. The van der Waals surface area contributed by atoms with Crippen molar-refractivity contribution in [2.45, 2.75) is 45.8 Å². The number of rotatable bonds is 3. The van der Waals surface area contributed by atoms with Gasteiger partial charge < -0.3 is 4.90 Å². The first-order valence-corrected chi connectivity index (χ1v) is 5.09. The van der Waals surface area contributed by atoms with E-state index in [1.807, 2.05) is 0 Å². The fraction of sp³-hybridized carbons (Fsp3) is 1.00. The van der Waals surface area contributed by atoms with Gasteiger partial charge in [0.15, 0.2) is 0 Å². The van der Waals surface area contributed by atoms with E-state index in [2.05, 4.69) is 32.6 Å². The first-order valence-electron chi connectivity index (χ1n) is 5.09. The van der Waals surface area contributed by atoms with Gasteiger partial charge in [-0.2, -0.15) is 0 Å². The molecule has 0 aromatic heterocycles. The molecular weight excluding hydrogens is 164 g/mol. The zero-order valence-corrected chi connectivity index (χ0v) is 9.21. The second-order valence-corrected chi connectivity index (χ2v) is 4.80. The van der Waals surface area contributed by atoms with Crippen molar-refractivity contribution in [1.82, 2.24) is 4.90 Å². The summed E-state index contributed by atoms with van der Waals surface area (Å²) >= 11 is 0. The number of nitrogens with two attached hydrogens (primary N) is 1. The summed E-state index contributed by atoms with van der Waals surface area (Å²) in [6.45, 7) is 10.9. The average molecular weight is 186 g/mol. The van der Waals surface area contributed by atoms with Crippen LogP contribution in [0, 0.1) is 5.92 Å². The van der Waals surface area contributed by atoms with Crippen molar-refractivity contribution in [3.63, 3.8) is 0 Å². The van der Waals surface area contributed by atoms with Crippen molar-refractivity contribution in [2.75, 3.05) is 13.1 Å². The van der Waals surface area contributed by atoms with Gasteiger partial charge in [0.1, 0.15) is 0 Å². The van der Waals surface area contributed by atoms with Gasteiger partial charge in [0.2, 0.25) is 0 Å². The van der Waals surface area contributed by atoms with Crippen LogP contribution in [0.2, 0.25) is 0 Å². The molecule has 0 spiro atoms. The quantitative estimate of drug-likeness (QED) is 0.677. The van der Waals surface area contributed by atoms with E-state index in [1.54, 1.807) is 0 Å². The summed E-state index contributed by atoms with van der Waals surface area (Å²) in [7, 11) is 0. The molecule has 1 unspecified atom stereocenters. The Morgan fingerprint density at radius 2 is 2.08 bits per heavy atom. The topological polar surface area (TPSA) is 38.5 Å². The Labute approximate surface area is 81.2 Å². The minimum Gasteiger partial charge on any atom is -0.301 e. The van der Waals surface area contributed by atoms with E-state index in [-0.39, 0.29) is 5.60 Å². The molecule has 0 saturated carbocycles. The molecule has 13 heavy (non-hydrogen) atoms. The molecule has 1 atom stereocenters. The highest BCUT2D eigenvalue weighted by atomic mass is 16.6. The lowest BCUT2D eigenvalue weighted by Crippen LogP contribution is -2.39. The second-order valence-electron chi connectivity index (χ2n) is 4.80. The van der Waals surface area contributed by atoms with E-state index in [0.717, 1.165) is 6.54 Å². The zero-order valence-electron chi connectivity index (χ0n) is 9.21. The van der Waals surface area contributed by atoms with Gasteiger partial charge in [-0.25, -0.2) is 5.90 Å². The summed E-state index contributed by atoms with van der Waals surface area (Å²) in [5.74, 6) is 5.86. The van der Waals surface area contributed by atoms with Crippen LogP contribution in [0.1, 0.15) is 34.1 Å². The Morgan fingerprint density at radius 1 is 1.46 bits per heavy atom. The van der Waals surface area contributed by atoms with E-state index in [4.69, 9.17) is 10.7 Å². The molecule has 0 aromatic carbocycles. The summed E-state index contributed by atoms with van der Waals surface area (Å²) in [5.41, 5.74) is -0.177. The van der Waals surface area contributed by atoms with Crippen molar-refractivity contribution in [1.29, 1.82) is 0 Å². The SMILES string of the molecule is CC(C)N1CCC(C(C)(C)ON)C1. The van der Waals surface area contributed by atoms with Crippen LogP contribution in [0.5, 0.6) is 0 Å². The molecule has 1 aliphatic rings. The van der Waals surface area contributed by atoms with Crippen LogP contribution in [0.4, 0.5) is 0 Å². The molecule has 2 N–H and O–H groups in total. The molecule has 3 nitrogen and oxygen atoms in total. The molecule has 78 valence electrons.